The van der Waals surface area contributed by atoms with Gasteiger partial charge in [0.1, 0.15) is 0 Å². The highest BCUT2D eigenvalue weighted by atomic mass is 35.5. The number of nitrogens with one attached hydrogen (secondary N) is 1. The first-order chi connectivity index (χ1) is 12.0. The molecule has 0 spiro atoms. The van der Waals surface area contributed by atoms with E-state index in [0.717, 1.165) is 11.1 Å². The number of hydrogen-bond acceptors (Lipinski definition) is 3. The molecule has 5 nitrogen and oxygen atoms in total. The number of carbonyl (C=O) groups excluding carboxylic acids is 1. The maximum atomic E-state index is 12.4. The molecule has 3 aromatic rings. The molecule has 1 heterocycles. The van der Waals surface area contributed by atoms with Gasteiger partial charge < -0.3 is 5.32 Å². The Morgan fingerprint density at radius 3 is 2.52 bits per heavy atom. The predicted molar refractivity (Wildman–Crippen MR) is 97.9 cm³/mol. The van der Waals surface area contributed by atoms with Crippen molar-refractivity contribution in [1.29, 1.82) is 0 Å². The van der Waals surface area contributed by atoms with Gasteiger partial charge >= 0.3 is 0 Å². The van der Waals surface area contributed by atoms with Crippen LogP contribution in [-0.4, -0.2) is 20.9 Å². The van der Waals surface area contributed by atoms with Gasteiger partial charge in [-0.25, -0.2) is 4.68 Å². The van der Waals surface area contributed by atoms with Crippen molar-refractivity contribution < 1.29 is 4.79 Å². The Hall–Kier alpha value is -2.37. The Morgan fingerprint density at radius 2 is 1.80 bits per heavy atom. The second-order valence-electron chi connectivity index (χ2n) is 5.61. The lowest BCUT2D eigenvalue weighted by Gasteiger charge is -2.14. The van der Waals surface area contributed by atoms with Crippen molar-refractivity contribution in [1.82, 2.24) is 20.3 Å². The minimum absolute atomic E-state index is 0.241. The second kappa shape index (κ2) is 7.68. The molecule has 7 heteroatoms. The minimum atomic E-state index is -0.308. The molecule has 0 saturated heterocycles. The highest BCUT2D eigenvalue weighted by Crippen LogP contribution is 2.22. The summed E-state index contributed by atoms with van der Waals surface area (Å²) in [4.78, 5) is 12.4. The standard InChI is InChI=1S/C18H16Cl2N4O/c1-12(14-7-3-5-9-16(14)20)21-18(25)17-11-24(23-22-17)10-13-6-2-4-8-15(13)19/h2-9,11-12H,10H2,1H3,(H,21,25)/t12-/m1/s1. The number of aromatic nitrogens is 3. The summed E-state index contributed by atoms with van der Waals surface area (Å²) in [6, 6.07) is 14.6. The van der Waals surface area contributed by atoms with Gasteiger partial charge in [-0.15, -0.1) is 5.10 Å². The number of carbonyl (C=O) groups is 1. The maximum Gasteiger partial charge on any atom is 0.273 e. The number of rotatable bonds is 5. The van der Waals surface area contributed by atoms with Gasteiger partial charge in [-0.3, -0.25) is 4.79 Å². The molecule has 0 aliphatic heterocycles. The zero-order chi connectivity index (χ0) is 17.8. The summed E-state index contributed by atoms with van der Waals surface area (Å²) >= 11 is 12.3. The van der Waals surface area contributed by atoms with Gasteiger partial charge in [0.05, 0.1) is 18.8 Å². The lowest BCUT2D eigenvalue weighted by atomic mass is 10.1. The van der Waals surface area contributed by atoms with Gasteiger partial charge in [0.2, 0.25) is 0 Å². The molecular weight excluding hydrogens is 359 g/mol. The molecule has 3 rings (SSSR count). The molecule has 1 N–H and O–H groups in total. The Bertz CT molecular complexity index is 894. The van der Waals surface area contributed by atoms with Gasteiger partial charge in [0, 0.05) is 10.0 Å². The normalized spacial score (nSPS) is 12.0. The van der Waals surface area contributed by atoms with E-state index in [2.05, 4.69) is 15.6 Å². The molecule has 0 aliphatic carbocycles. The third-order valence-electron chi connectivity index (χ3n) is 3.78. The molecule has 1 amide bonds. The molecule has 1 aromatic heterocycles. The van der Waals surface area contributed by atoms with Gasteiger partial charge in [0.25, 0.3) is 5.91 Å². The van der Waals surface area contributed by atoms with Crippen LogP contribution in [0.5, 0.6) is 0 Å². The monoisotopic (exact) mass is 374 g/mol. The smallest absolute Gasteiger partial charge is 0.273 e. The molecule has 0 aliphatic rings. The Labute approximate surface area is 155 Å². The van der Waals surface area contributed by atoms with Crippen molar-refractivity contribution in [2.24, 2.45) is 0 Å². The molecule has 2 aromatic carbocycles. The Morgan fingerprint density at radius 1 is 1.12 bits per heavy atom. The van der Waals surface area contributed by atoms with Crippen molar-refractivity contribution in [3.63, 3.8) is 0 Å². The number of halogens is 2. The van der Waals surface area contributed by atoms with Crippen LogP contribution in [0.2, 0.25) is 10.0 Å². The van der Waals surface area contributed by atoms with Crippen molar-refractivity contribution in [2.75, 3.05) is 0 Å². The predicted octanol–water partition coefficient (Wildman–Crippen LogP) is 4.12. The minimum Gasteiger partial charge on any atom is -0.344 e. The molecule has 0 fully saturated rings. The number of amides is 1. The maximum absolute atomic E-state index is 12.4. The van der Waals surface area contributed by atoms with Gasteiger partial charge in [-0.1, -0.05) is 64.8 Å². The quantitative estimate of drug-likeness (QED) is 0.730. The molecule has 25 heavy (non-hydrogen) atoms. The Balaban J connectivity index is 1.69. The average Bonchev–Trinajstić information content (AvgIpc) is 3.06. The van der Waals surface area contributed by atoms with E-state index in [4.69, 9.17) is 23.2 Å². The zero-order valence-corrected chi connectivity index (χ0v) is 15.0. The van der Waals surface area contributed by atoms with Crippen LogP contribution in [-0.2, 0) is 6.54 Å². The van der Waals surface area contributed by atoms with Crippen LogP contribution in [0.25, 0.3) is 0 Å². The first-order valence-electron chi connectivity index (χ1n) is 7.73. The molecule has 0 bridgehead atoms. The molecule has 1 atom stereocenters. The van der Waals surface area contributed by atoms with Crippen molar-refractivity contribution in [3.05, 3.63) is 81.6 Å². The summed E-state index contributed by atoms with van der Waals surface area (Å²) in [5.41, 5.74) is 2.00. The van der Waals surface area contributed by atoms with E-state index >= 15 is 0 Å². The average molecular weight is 375 g/mol. The van der Waals surface area contributed by atoms with Crippen molar-refractivity contribution in [3.8, 4) is 0 Å². The summed E-state index contributed by atoms with van der Waals surface area (Å²) in [5, 5.41) is 12.1. The third-order valence-corrected chi connectivity index (χ3v) is 4.49. The summed E-state index contributed by atoms with van der Waals surface area (Å²) < 4.78 is 1.58. The SMILES string of the molecule is C[C@@H](NC(=O)c1cn(Cc2ccccc2Cl)nn1)c1ccccc1Cl. The van der Waals surface area contributed by atoms with Crippen LogP contribution < -0.4 is 5.32 Å². The van der Waals surface area contributed by atoms with Gasteiger partial charge in [-0.2, -0.15) is 0 Å². The van der Waals surface area contributed by atoms with Crippen LogP contribution in [0, 0.1) is 0 Å². The highest BCUT2D eigenvalue weighted by molar-refractivity contribution is 6.31. The van der Waals surface area contributed by atoms with Crippen LogP contribution in [0.3, 0.4) is 0 Å². The molecule has 0 unspecified atom stereocenters. The summed E-state index contributed by atoms with van der Waals surface area (Å²) in [6.07, 6.45) is 1.60. The van der Waals surface area contributed by atoms with E-state index < -0.39 is 0 Å². The van der Waals surface area contributed by atoms with Gasteiger partial charge in [0.15, 0.2) is 5.69 Å². The second-order valence-corrected chi connectivity index (χ2v) is 6.42. The number of nitrogens with zero attached hydrogens (tertiary/aromatic N) is 3. The highest BCUT2D eigenvalue weighted by Gasteiger charge is 2.16. The lowest BCUT2D eigenvalue weighted by Crippen LogP contribution is -2.27. The fourth-order valence-electron chi connectivity index (χ4n) is 2.46. The van der Waals surface area contributed by atoms with E-state index in [1.807, 2.05) is 49.4 Å². The van der Waals surface area contributed by atoms with E-state index in [1.54, 1.807) is 16.9 Å². The van der Waals surface area contributed by atoms with Crippen LogP contribution >= 0.6 is 23.2 Å². The Kier molecular flexibility index (Phi) is 5.36. The van der Waals surface area contributed by atoms with Crippen LogP contribution in [0.4, 0.5) is 0 Å². The number of benzene rings is 2. The topological polar surface area (TPSA) is 59.8 Å². The van der Waals surface area contributed by atoms with Crippen molar-refractivity contribution in [2.45, 2.75) is 19.5 Å². The van der Waals surface area contributed by atoms with Crippen molar-refractivity contribution >= 4 is 29.1 Å². The van der Waals surface area contributed by atoms with E-state index in [-0.39, 0.29) is 17.6 Å². The van der Waals surface area contributed by atoms with E-state index in [9.17, 15) is 4.79 Å². The van der Waals surface area contributed by atoms with Crippen LogP contribution in [0.15, 0.2) is 54.7 Å². The first kappa shape index (κ1) is 17.5. The zero-order valence-electron chi connectivity index (χ0n) is 13.5. The van der Waals surface area contributed by atoms with Gasteiger partial charge in [-0.05, 0) is 30.2 Å². The summed E-state index contributed by atoms with van der Waals surface area (Å²) in [5.74, 6) is -0.308. The molecule has 128 valence electrons. The number of hydrogen-bond donors (Lipinski definition) is 1. The third kappa shape index (κ3) is 4.18. The molecular formula is C18H16Cl2N4O. The summed E-state index contributed by atoms with van der Waals surface area (Å²) in [7, 11) is 0. The lowest BCUT2D eigenvalue weighted by molar-refractivity contribution is 0.0935. The largest absolute Gasteiger partial charge is 0.344 e. The summed E-state index contributed by atoms with van der Waals surface area (Å²) in [6.45, 7) is 2.31. The molecule has 0 radical (unpaired) electrons. The fourth-order valence-corrected chi connectivity index (χ4v) is 2.95. The van der Waals surface area contributed by atoms with E-state index in [1.165, 1.54) is 0 Å². The van der Waals surface area contributed by atoms with Crippen LogP contribution in [0.1, 0.15) is 34.6 Å². The first-order valence-corrected chi connectivity index (χ1v) is 8.49. The van der Waals surface area contributed by atoms with E-state index in [0.29, 0.717) is 16.6 Å². The molecule has 0 saturated carbocycles. The fraction of sp³-hybridized carbons (Fsp3) is 0.167.